The topological polar surface area (TPSA) is 119 Å². The average molecular weight is 773 g/mol. The van der Waals surface area contributed by atoms with E-state index in [1.54, 1.807) is 0 Å². The molecule has 0 amide bonds. The Morgan fingerprint density at radius 2 is 0.792 bits per heavy atom. The smallest absolute Gasteiger partial charge is 0.462 e. The second-order valence-corrected chi connectivity index (χ2v) is 16.6. The van der Waals surface area contributed by atoms with Crippen LogP contribution in [0.2, 0.25) is 0 Å². The SMILES string of the molecule is CCCCCC/C=C\CCCCCCCC(=O)OC(COC(=O)CCCCCCCCCCCCCCCCCCCCCCCC)COP(=O)(O)O. The maximum atomic E-state index is 12.4. The molecule has 8 nitrogen and oxygen atoms in total. The van der Waals surface area contributed by atoms with Crippen LogP contribution in [0.15, 0.2) is 12.2 Å². The first-order valence-electron chi connectivity index (χ1n) is 22.5. The zero-order valence-corrected chi connectivity index (χ0v) is 35.6. The lowest BCUT2D eigenvalue weighted by Crippen LogP contribution is -2.29. The van der Waals surface area contributed by atoms with Gasteiger partial charge in [-0.3, -0.25) is 14.1 Å². The predicted octanol–water partition coefficient (Wildman–Crippen LogP) is 13.8. The molecule has 53 heavy (non-hydrogen) atoms. The van der Waals surface area contributed by atoms with Crippen molar-refractivity contribution in [3.63, 3.8) is 0 Å². The summed E-state index contributed by atoms with van der Waals surface area (Å²) in [5, 5.41) is 0. The number of allylic oxidation sites excluding steroid dienone is 2. The van der Waals surface area contributed by atoms with Gasteiger partial charge in [-0.2, -0.15) is 0 Å². The molecule has 0 fully saturated rings. The molecule has 0 spiro atoms. The van der Waals surface area contributed by atoms with Gasteiger partial charge >= 0.3 is 19.8 Å². The van der Waals surface area contributed by atoms with Gasteiger partial charge in [-0.1, -0.05) is 199 Å². The maximum absolute atomic E-state index is 12.4. The first-order chi connectivity index (χ1) is 25.8. The van der Waals surface area contributed by atoms with Crippen molar-refractivity contribution >= 4 is 19.8 Å². The van der Waals surface area contributed by atoms with Crippen molar-refractivity contribution in [3.05, 3.63) is 12.2 Å². The lowest BCUT2D eigenvalue weighted by Gasteiger charge is -2.18. The van der Waals surface area contributed by atoms with E-state index in [4.69, 9.17) is 19.3 Å². The van der Waals surface area contributed by atoms with Gasteiger partial charge in [-0.15, -0.1) is 0 Å². The molecule has 0 aliphatic carbocycles. The van der Waals surface area contributed by atoms with Crippen molar-refractivity contribution in [1.82, 2.24) is 0 Å². The number of carbonyl (C=O) groups is 2. The molecule has 1 atom stereocenters. The number of hydrogen-bond donors (Lipinski definition) is 2. The predicted molar refractivity (Wildman–Crippen MR) is 221 cm³/mol. The third-order valence-corrected chi connectivity index (χ3v) is 10.5. The molecule has 0 aromatic heterocycles. The maximum Gasteiger partial charge on any atom is 0.469 e. The summed E-state index contributed by atoms with van der Waals surface area (Å²) in [6.45, 7) is 3.69. The zero-order chi connectivity index (χ0) is 38.9. The van der Waals surface area contributed by atoms with Crippen molar-refractivity contribution in [2.24, 2.45) is 0 Å². The summed E-state index contributed by atoms with van der Waals surface area (Å²) in [5.41, 5.74) is 0. The summed E-state index contributed by atoms with van der Waals surface area (Å²) < 4.78 is 26.4. The fraction of sp³-hybridized carbons (Fsp3) is 0.909. The van der Waals surface area contributed by atoms with Crippen LogP contribution in [0.3, 0.4) is 0 Å². The van der Waals surface area contributed by atoms with Crippen LogP contribution < -0.4 is 0 Å². The van der Waals surface area contributed by atoms with E-state index in [-0.39, 0.29) is 19.4 Å². The number of unbranched alkanes of at least 4 members (excludes halogenated alkanes) is 30. The number of carbonyl (C=O) groups excluding carboxylic acids is 2. The Morgan fingerprint density at radius 1 is 0.472 bits per heavy atom. The second kappa shape index (κ2) is 40.5. The van der Waals surface area contributed by atoms with Crippen LogP contribution in [0.4, 0.5) is 0 Å². The average Bonchev–Trinajstić information content (AvgIpc) is 3.13. The number of ether oxygens (including phenoxy) is 2. The van der Waals surface area contributed by atoms with E-state index in [9.17, 15) is 14.2 Å². The minimum Gasteiger partial charge on any atom is -0.462 e. The van der Waals surface area contributed by atoms with Gasteiger partial charge < -0.3 is 19.3 Å². The summed E-state index contributed by atoms with van der Waals surface area (Å²) in [4.78, 5) is 42.9. The molecule has 0 saturated heterocycles. The molecular formula is C44H85O8P. The first kappa shape index (κ1) is 51.8. The summed E-state index contributed by atoms with van der Waals surface area (Å²) >= 11 is 0. The van der Waals surface area contributed by atoms with Crippen molar-refractivity contribution in [3.8, 4) is 0 Å². The Balaban J connectivity index is 3.79. The molecule has 0 aromatic carbocycles. The molecule has 2 N–H and O–H groups in total. The van der Waals surface area contributed by atoms with Crippen LogP contribution in [0.5, 0.6) is 0 Å². The largest absolute Gasteiger partial charge is 0.469 e. The standard InChI is InChI=1S/C44H85O8P/c1-3-5-7-9-11-13-15-17-18-19-20-21-22-23-24-25-27-28-30-32-34-36-38-43(45)50-40-42(41-51-53(47,48)49)52-44(46)39-37-35-33-31-29-26-16-14-12-10-8-6-4-2/h14,16,42H,3-13,15,17-41H2,1-2H3,(H2,47,48,49)/b16-14-. The highest BCUT2D eigenvalue weighted by Gasteiger charge is 2.23. The number of esters is 2. The number of phosphoric acid groups is 1. The highest BCUT2D eigenvalue weighted by Crippen LogP contribution is 2.36. The molecular weight excluding hydrogens is 687 g/mol. The lowest BCUT2D eigenvalue weighted by atomic mass is 10.0. The van der Waals surface area contributed by atoms with Crippen LogP contribution >= 0.6 is 7.82 Å². The lowest BCUT2D eigenvalue weighted by molar-refractivity contribution is -0.161. The van der Waals surface area contributed by atoms with Gasteiger partial charge in [0.2, 0.25) is 0 Å². The Labute approximate surface area is 327 Å². The molecule has 0 bridgehead atoms. The molecule has 1 unspecified atom stereocenters. The fourth-order valence-corrected chi connectivity index (χ4v) is 7.02. The summed E-state index contributed by atoms with van der Waals surface area (Å²) in [5.74, 6) is -0.882. The summed E-state index contributed by atoms with van der Waals surface area (Å²) in [6.07, 6.45) is 45.2. The van der Waals surface area contributed by atoms with E-state index in [1.165, 1.54) is 154 Å². The highest BCUT2D eigenvalue weighted by molar-refractivity contribution is 7.46. The number of rotatable bonds is 42. The van der Waals surface area contributed by atoms with E-state index in [0.29, 0.717) is 6.42 Å². The van der Waals surface area contributed by atoms with Crippen molar-refractivity contribution in [2.75, 3.05) is 13.2 Å². The summed E-state index contributed by atoms with van der Waals surface area (Å²) in [7, 11) is -4.75. The quantitative estimate of drug-likeness (QED) is 0.0272. The van der Waals surface area contributed by atoms with Crippen LogP contribution in [0.1, 0.15) is 239 Å². The Kier molecular flexibility index (Phi) is 39.5. The van der Waals surface area contributed by atoms with E-state index in [1.807, 2.05) is 0 Å². The third kappa shape index (κ3) is 43.4. The summed E-state index contributed by atoms with van der Waals surface area (Å²) in [6, 6.07) is 0. The molecule has 0 heterocycles. The van der Waals surface area contributed by atoms with Gasteiger partial charge in [0, 0.05) is 12.8 Å². The third-order valence-electron chi connectivity index (χ3n) is 10.0. The molecule has 0 saturated carbocycles. The van der Waals surface area contributed by atoms with E-state index < -0.39 is 32.5 Å². The van der Waals surface area contributed by atoms with Crippen molar-refractivity contribution in [2.45, 2.75) is 245 Å². The monoisotopic (exact) mass is 773 g/mol. The number of hydrogen-bond acceptors (Lipinski definition) is 6. The van der Waals surface area contributed by atoms with Gasteiger partial charge in [0.1, 0.15) is 6.61 Å². The molecule has 0 aliphatic heterocycles. The van der Waals surface area contributed by atoms with E-state index in [2.05, 4.69) is 30.5 Å². The molecule has 0 aromatic rings. The Bertz CT molecular complexity index is 873. The van der Waals surface area contributed by atoms with Gasteiger partial charge in [0.25, 0.3) is 0 Å². The highest BCUT2D eigenvalue weighted by atomic mass is 31.2. The van der Waals surface area contributed by atoms with Gasteiger partial charge in [0.15, 0.2) is 6.10 Å². The van der Waals surface area contributed by atoms with Gasteiger partial charge in [-0.25, -0.2) is 4.57 Å². The molecule has 314 valence electrons. The van der Waals surface area contributed by atoms with Gasteiger partial charge in [-0.05, 0) is 38.5 Å². The second-order valence-electron chi connectivity index (χ2n) is 15.4. The Hall–Kier alpha value is -1.21. The molecule has 9 heteroatoms. The Morgan fingerprint density at radius 3 is 1.17 bits per heavy atom. The zero-order valence-electron chi connectivity index (χ0n) is 34.7. The van der Waals surface area contributed by atoms with Crippen molar-refractivity contribution in [1.29, 1.82) is 0 Å². The van der Waals surface area contributed by atoms with Crippen molar-refractivity contribution < 1.29 is 37.9 Å². The van der Waals surface area contributed by atoms with E-state index in [0.717, 1.165) is 51.4 Å². The van der Waals surface area contributed by atoms with Crippen LogP contribution in [-0.4, -0.2) is 41.0 Å². The van der Waals surface area contributed by atoms with Crippen LogP contribution in [0, 0.1) is 0 Å². The van der Waals surface area contributed by atoms with Crippen LogP contribution in [-0.2, 0) is 28.2 Å². The molecule has 0 radical (unpaired) electrons. The van der Waals surface area contributed by atoms with Crippen LogP contribution in [0.25, 0.3) is 0 Å². The molecule has 0 aliphatic rings. The normalized spacial score (nSPS) is 12.5. The van der Waals surface area contributed by atoms with E-state index >= 15 is 0 Å². The molecule has 0 rings (SSSR count). The minimum atomic E-state index is -4.75. The minimum absolute atomic E-state index is 0.206. The number of phosphoric ester groups is 1. The fourth-order valence-electron chi connectivity index (χ4n) is 6.66. The first-order valence-corrected chi connectivity index (χ1v) is 24.0. The van der Waals surface area contributed by atoms with Gasteiger partial charge in [0.05, 0.1) is 6.61 Å².